The molecule has 1 N–H and O–H groups in total. The first-order chi connectivity index (χ1) is 7.16. The fourth-order valence-corrected chi connectivity index (χ4v) is 1.53. The minimum absolute atomic E-state index is 0.161. The third-order valence-corrected chi connectivity index (χ3v) is 2.60. The van der Waals surface area contributed by atoms with E-state index >= 15 is 0 Å². The molecule has 1 aromatic carbocycles. The predicted molar refractivity (Wildman–Crippen MR) is 55.6 cm³/mol. The van der Waals surface area contributed by atoms with Gasteiger partial charge in [0.05, 0.1) is 19.2 Å². The quantitative estimate of drug-likeness (QED) is 0.799. The largest absolute Gasteiger partial charge is 0.497 e. The lowest BCUT2D eigenvalue weighted by Gasteiger charge is -2.24. The lowest BCUT2D eigenvalue weighted by Crippen LogP contribution is -2.31. The summed E-state index contributed by atoms with van der Waals surface area (Å²) in [6, 6.07) is 7.09. The maximum Gasteiger partial charge on any atom is 0.268 e. The molecule has 15 heavy (non-hydrogen) atoms. The Hall–Kier alpha value is -1.55. The van der Waals surface area contributed by atoms with Crippen molar-refractivity contribution in [3.63, 3.8) is 0 Å². The van der Waals surface area contributed by atoms with E-state index in [0.717, 1.165) is 5.75 Å². The number of hydrogen-bond acceptors (Lipinski definition) is 4. The van der Waals surface area contributed by atoms with Gasteiger partial charge in [-0.25, -0.2) is 0 Å². The third-order valence-electron chi connectivity index (χ3n) is 2.60. The van der Waals surface area contributed by atoms with Gasteiger partial charge in [0.15, 0.2) is 0 Å². The van der Waals surface area contributed by atoms with Gasteiger partial charge in [0.25, 0.3) is 5.79 Å². The number of methoxy groups -OCH3 is 1. The molecule has 0 amide bonds. The Morgan fingerprint density at radius 2 is 2.07 bits per heavy atom. The van der Waals surface area contributed by atoms with Crippen LogP contribution in [-0.2, 0) is 10.6 Å². The van der Waals surface area contributed by atoms with Crippen molar-refractivity contribution in [3.8, 4) is 5.75 Å². The molecule has 1 aromatic rings. The molecule has 2 rings (SSSR count). The van der Waals surface area contributed by atoms with Crippen LogP contribution in [0.3, 0.4) is 0 Å². The minimum Gasteiger partial charge on any atom is -0.497 e. The molecule has 0 aliphatic carbocycles. The third kappa shape index (κ3) is 1.57. The zero-order valence-electron chi connectivity index (χ0n) is 8.68. The van der Waals surface area contributed by atoms with Crippen molar-refractivity contribution >= 4 is 6.21 Å². The normalized spacial score (nSPS) is 28.9. The smallest absolute Gasteiger partial charge is 0.268 e. The summed E-state index contributed by atoms with van der Waals surface area (Å²) in [4.78, 5) is 5.00. The van der Waals surface area contributed by atoms with Gasteiger partial charge in [-0.2, -0.15) is 0 Å². The van der Waals surface area contributed by atoms with Gasteiger partial charge in [-0.1, -0.05) is 12.1 Å². The summed E-state index contributed by atoms with van der Waals surface area (Å²) in [6.07, 6.45) is 1.59. The topological polar surface area (TPSA) is 51.0 Å². The Kier molecular flexibility index (Phi) is 2.36. The molecule has 0 fully saturated rings. The van der Waals surface area contributed by atoms with Crippen molar-refractivity contribution in [1.82, 2.24) is 0 Å². The molecular formula is C11H13NO3. The Morgan fingerprint density at radius 1 is 1.40 bits per heavy atom. The summed E-state index contributed by atoms with van der Waals surface area (Å²) < 4.78 is 5.04. The van der Waals surface area contributed by atoms with Gasteiger partial charge >= 0.3 is 0 Å². The van der Waals surface area contributed by atoms with Gasteiger partial charge in [-0.15, -0.1) is 0 Å². The first kappa shape index (κ1) is 9.98. The van der Waals surface area contributed by atoms with Crippen LogP contribution in [0.5, 0.6) is 5.75 Å². The Morgan fingerprint density at radius 3 is 2.53 bits per heavy atom. The van der Waals surface area contributed by atoms with Crippen molar-refractivity contribution in [2.75, 3.05) is 7.11 Å². The molecule has 0 aromatic heterocycles. The highest BCUT2D eigenvalue weighted by atomic mass is 16.7. The van der Waals surface area contributed by atoms with Gasteiger partial charge in [0.1, 0.15) is 5.75 Å². The average molecular weight is 207 g/mol. The van der Waals surface area contributed by atoms with Crippen LogP contribution in [0.2, 0.25) is 0 Å². The van der Waals surface area contributed by atoms with Crippen molar-refractivity contribution in [2.45, 2.75) is 12.7 Å². The standard InChI is InChI=1S/C11H13NO3/c1-8-7-12-15-11(8,13)9-3-5-10(14-2)6-4-9/h3-8,13H,1-2H3. The van der Waals surface area contributed by atoms with E-state index in [0.29, 0.717) is 5.56 Å². The fraction of sp³-hybridized carbons (Fsp3) is 0.364. The van der Waals surface area contributed by atoms with E-state index in [1.165, 1.54) is 0 Å². The van der Waals surface area contributed by atoms with E-state index in [1.807, 2.05) is 6.92 Å². The van der Waals surface area contributed by atoms with Gasteiger partial charge in [-0.05, 0) is 24.3 Å². The zero-order valence-corrected chi connectivity index (χ0v) is 8.68. The number of oxime groups is 1. The molecular weight excluding hydrogens is 194 g/mol. The SMILES string of the molecule is COc1ccc(C2(O)ON=CC2C)cc1. The zero-order chi connectivity index (χ0) is 10.9. The summed E-state index contributed by atoms with van der Waals surface area (Å²) in [5.74, 6) is -0.758. The summed E-state index contributed by atoms with van der Waals surface area (Å²) in [7, 11) is 1.60. The Bertz CT molecular complexity index is 374. The van der Waals surface area contributed by atoms with Crippen LogP contribution in [0.15, 0.2) is 29.4 Å². The van der Waals surface area contributed by atoms with Crippen LogP contribution in [0.1, 0.15) is 12.5 Å². The fourth-order valence-electron chi connectivity index (χ4n) is 1.53. The van der Waals surface area contributed by atoms with E-state index in [-0.39, 0.29) is 5.92 Å². The van der Waals surface area contributed by atoms with Crippen LogP contribution in [-0.4, -0.2) is 18.4 Å². The monoisotopic (exact) mass is 207 g/mol. The second-order valence-electron chi connectivity index (χ2n) is 3.56. The van der Waals surface area contributed by atoms with Crippen molar-refractivity contribution in [3.05, 3.63) is 29.8 Å². The Labute approximate surface area is 88.1 Å². The molecule has 1 aliphatic heterocycles. The van der Waals surface area contributed by atoms with Crippen LogP contribution >= 0.6 is 0 Å². The molecule has 80 valence electrons. The van der Waals surface area contributed by atoms with E-state index in [9.17, 15) is 5.11 Å². The van der Waals surface area contributed by atoms with Crippen molar-refractivity contribution < 1.29 is 14.7 Å². The van der Waals surface area contributed by atoms with E-state index in [2.05, 4.69) is 5.16 Å². The summed E-state index contributed by atoms with van der Waals surface area (Å²) in [5.41, 5.74) is 0.674. The Balaban J connectivity index is 2.29. The van der Waals surface area contributed by atoms with Crippen molar-refractivity contribution in [1.29, 1.82) is 0 Å². The van der Waals surface area contributed by atoms with E-state index in [1.54, 1.807) is 37.6 Å². The van der Waals surface area contributed by atoms with Crippen LogP contribution < -0.4 is 4.74 Å². The average Bonchev–Trinajstić information content (AvgIpc) is 2.61. The highest BCUT2D eigenvalue weighted by Crippen LogP contribution is 2.34. The maximum atomic E-state index is 10.2. The molecule has 0 spiro atoms. The molecule has 0 saturated heterocycles. The summed E-state index contributed by atoms with van der Waals surface area (Å²) >= 11 is 0. The van der Waals surface area contributed by atoms with Gasteiger partial charge in [0, 0.05) is 5.56 Å². The van der Waals surface area contributed by atoms with E-state index < -0.39 is 5.79 Å². The molecule has 2 atom stereocenters. The highest BCUT2D eigenvalue weighted by molar-refractivity contribution is 5.63. The summed E-state index contributed by atoms with van der Waals surface area (Å²) in [6.45, 7) is 1.85. The lowest BCUT2D eigenvalue weighted by molar-refractivity contribution is -0.214. The van der Waals surface area contributed by atoms with Gasteiger partial charge < -0.3 is 14.7 Å². The predicted octanol–water partition coefficient (Wildman–Crippen LogP) is 1.49. The molecule has 4 nitrogen and oxygen atoms in total. The van der Waals surface area contributed by atoms with Crippen LogP contribution in [0.4, 0.5) is 0 Å². The number of nitrogens with zero attached hydrogens (tertiary/aromatic N) is 1. The number of hydrogen-bond donors (Lipinski definition) is 1. The maximum absolute atomic E-state index is 10.2. The molecule has 0 saturated carbocycles. The summed E-state index contributed by atoms with van der Waals surface area (Å²) in [5, 5.41) is 13.8. The molecule has 1 heterocycles. The van der Waals surface area contributed by atoms with Gasteiger partial charge in [0.2, 0.25) is 0 Å². The van der Waals surface area contributed by atoms with Crippen LogP contribution in [0, 0.1) is 5.92 Å². The lowest BCUT2D eigenvalue weighted by atomic mass is 9.95. The first-order valence-corrected chi connectivity index (χ1v) is 4.75. The minimum atomic E-state index is -1.34. The second kappa shape index (κ2) is 3.55. The molecule has 1 aliphatic rings. The van der Waals surface area contributed by atoms with Crippen LogP contribution in [0.25, 0.3) is 0 Å². The number of ether oxygens (including phenoxy) is 1. The second-order valence-corrected chi connectivity index (χ2v) is 3.56. The molecule has 0 bridgehead atoms. The van der Waals surface area contributed by atoms with Crippen molar-refractivity contribution in [2.24, 2.45) is 11.1 Å². The molecule has 0 radical (unpaired) electrons. The van der Waals surface area contributed by atoms with Gasteiger partial charge in [-0.3, -0.25) is 0 Å². The molecule has 4 heteroatoms. The number of aliphatic hydroxyl groups is 1. The number of benzene rings is 1. The first-order valence-electron chi connectivity index (χ1n) is 4.75. The molecule has 2 unspecified atom stereocenters. The number of rotatable bonds is 2. The van der Waals surface area contributed by atoms with E-state index in [4.69, 9.17) is 9.57 Å². The highest BCUT2D eigenvalue weighted by Gasteiger charge is 2.41.